The van der Waals surface area contributed by atoms with Crippen molar-refractivity contribution >= 4 is 34.7 Å². The average Bonchev–Trinajstić information content (AvgIpc) is 0. The van der Waals surface area contributed by atoms with E-state index in [4.69, 9.17) is 0 Å². The maximum Gasteiger partial charge on any atom is 3.00 e. The van der Waals surface area contributed by atoms with Crippen molar-refractivity contribution in [1.29, 1.82) is 0 Å². The topological polar surface area (TPSA) is 85.5 Å². The summed E-state index contributed by atoms with van der Waals surface area (Å²) in [6.45, 7) is 0. The zero-order valence-corrected chi connectivity index (χ0v) is 7.44. The van der Waals surface area contributed by atoms with Gasteiger partial charge in [-0.3, -0.25) is 0 Å². The Morgan fingerprint density at radius 2 is 0.429 bits per heavy atom. The summed E-state index contributed by atoms with van der Waals surface area (Å²) in [7, 11) is 0. The average molecular weight is 220 g/mol. The molecule has 2 radical (unpaired) electrons. The van der Waals surface area contributed by atoms with Gasteiger partial charge in [-0.15, -0.1) is 0 Å². The molecule has 0 aliphatic carbocycles. The van der Waals surface area contributed by atoms with E-state index in [1.54, 1.807) is 0 Å². The van der Waals surface area contributed by atoms with Crippen molar-refractivity contribution in [3.8, 4) is 0 Å². The van der Waals surface area contributed by atoms with Crippen molar-refractivity contribution in [2.45, 2.75) is 0 Å². The predicted molar refractivity (Wildman–Crippen MR) is 13.6 cm³/mol. The van der Waals surface area contributed by atoms with Gasteiger partial charge in [-0.05, 0) is 0 Å². The van der Waals surface area contributed by atoms with E-state index in [1.807, 2.05) is 0 Å². The van der Waals surface area contributed by atoms with E-state index in [0.29, 0.717) is 0 Å². The second kappa shape index (κ2) is 101. The van der Waals surface area contributed by atoms with Crippen LogP contribution < -0.4 is 0 Å². The maximum absolute atomic E-state index is 0. The van der Waals surface area contributed by atoms with Gasteiger partial charge in [-0.1, -0.05) is 0 Å². The molecule has 0 spiro atoms. The van der Waals surface area contributed by atoms with Crippen LogP contribution in [0.4, 0.5) is 0 Å². The van der Waals surface area contributed by atoms with E-state index in [2.05, 4.69) is 0 Å². The molecule has 0 aromatic heterocycles. The summed E-state index contributed by atoms with van der Waals surface area (Å²) in [5.41, 5.74) is 0. The molecule has 0 amide bonds. The second-order valence-electron chi connectivity index (χ2n) is 0. The largest absolute Gasteiger partial charge is 3.00 e. The maximum atomic E-state index is 0. The van der Waals surface area contributed by atoms with Crippen molar-refractivity contribution in [2.24, 2.45) is 0 Å². The fourth-order valence-electron chi connectivity index (χ4n) is 0. The van der Waals surface area contributed by atoms with Crippen molar-refractivity contribution in [3.05, 3.63) is 0 Å². The summed E-state index contributed by atoms with van der Waals surface area (Å²) in [5.74, 6) is 0. The first-order valence-corrected chi connectivity index (χ1v) is 0. The fourth-order valence-corrected chi connectivity index (χ4v) is 0. The van der Waals surface area contributed by atoms with Crippen LogP contribution in [0.1, 0.15) is 0 Å². The molecule has 0 aromatic carbocycles. The molecule has 7 heavy (non-hydrogen) atoms. The minimum Gasteiger partial charge on any atom is -2.00 e. The molecule has 0 saturated carbocycles. The van der Waals surface area contributed by atoms with E-state index in [0.717, 1.165) is 0 Å². The van der Waals surface area contributed by atoms with Crippen LogP contribution in [0.2, 0.25) is 0 Å². The van der Waals surface area contributed by atoms with E-state index in [-0.39, 0.29) is 84.7 Å². The van der Waals surface area contributed by atoms with Crippen LogP contribution in [-0.4, -0.2) is 34.7 Å². The molecule has 0 bridgehead atoms. The summed E-state index contributed by atoms with van der Waals surface area (Å²) >= 11 is 0. The van der Waals surface area contributed by atoms with Gasteiger partial charge in [-0.25, -0.2) is 0 Å². The molecule has 3 nitrogen and oxygen atoms in total. The van der Waals surface area contributed by atoms with Gasteiger partial charge in [0.15, 0.2) is 0 Å². The first-order chi connectivity index (χ1) is 0. The first kappa shape index (κ1) is 148. The van der Waals surface area contributed by atoms with Crippen molar-refractivity contribution in [2.75, 3.05) is 0 Å². The zero-order valence-electron chi connectivity index (χ0n) is 3.05. The van der Waals surface area contributed by atoms with Gasteiger partial charge in [0.1, 0.15) is 0 Å². The van der Waals surface area contributed by atoms with E-state index >= 15 is 0 Å². The molecule has 0 N–H and O–H groups in total. The Morgan fingerprint density at radius 1 is 0.429 bits per heavy atom. The smallest absolute Gasteiger partial charge is 2.00 e. The van der Waals surface area contributed by atoms with Crippen molar-refractivity contribution in [3.63, 3.8) is 0 Å². The summed E-state index contributed by atoms with van der Waals surface area (Å²) in [6, 6.07) is 0. The SMILES string of the molecule is [Al+3].[Al+3].[Co+2].[Co+2].[O-2].[O-2].[O-2]. The number of hydrogen-bond donors (Lipinski definition) is 0. The molecule has 7 heteroatoms. The van der Waals surface area contributed by atoms with E-state index in [9.17, 15) is 0 Å². The Kier molecular flexibility index (Phi) is 2120. The van der Waals surface area contributed by atoms with Crippen LogP contribution in [-0.2, 0) is 50.0 Å². The van der Waals surface area contributed by atoms with E-state index < -0.39 is 0 Å². The van der Waals surface area contributed by atoms with Crippen LogP contribution in [0.3, 0.4) is 0 Å². The van der Waals surface area contributed by atoms with Crippen LogP contribution in [0.15, 0.2) is 0 Å². The molecule has 0 aliphatic rings. The van der Waals surface area contributed by atoms with Gasteiger partial charge in [0.2, 0.25) is 0 Å². The molecule has 0 rings (SSSR count). The Hall–Kier alpha value is 1.96. The molecular weight excluding hydrogens is 220 g/mol. The first-order valence-electron chi connectivity index (χ1n) is 0. The van der Waals surface area contributed by atoms with Crippen LogP contribution in [0.5, 0.6) is 0 Å². The van der Waals surface area contributed by atoms with Gasteiger partial charge in [0, 0.05) is 0 Å². The Labute approximate surface area is 84.2 Å². The number of rotatable bonds is 0. The quantitative estimate of drug-likeness (QED) is 0.463. The van der Waals surface area contributed by atoms with Crippen molar-refractivity contribution < 1.29 is 50.0 Å². The molecule has 0 atom stereocenters. The summed E-state index contributed by atoms with van der Waals surface area (Å²) in [5, 5.41) is 0. The third-order valence-corrected chi connectivity index (χ3v) is 0. The molecule has 0 heterocycles. The molecule has 0 aliphatic heterocycles. The Morgan fingerprint density at radius 3 is 0.429 bits per heavy atom. The third-order valence-electron chi connectivity index (χ3n) is 0. The fraction of sp³-hybridized carbons (Fsp3) is 0. The van der Waals surface area contributed by atoms with Crippen LogP contribution in [0, 0.1) is 0 Å². The third kappa shape index (κ3) is 73.7. The predicted octanol–water partition coefficient (Wildman–Crippen LogP) is -1.12. The molecule has 0 saturated heterocycles. The molecule has 0 fully saturated rings. The molecule has 38 valence electrons. The summed E-state index contributed by atoms with van der Waals surface area (Å²) in [6.07, 6.45) is 0. The number of hydrogen-bond acceptors (Lipinski definition) is 0. The van der Waals surface area contributed by atoms with Crippen molar-refractivity contribution in [1.82, 2.24) is 0 Å². The normalized spacial score (nSPS) is 0. The van der Waals surface area contributed by atoms with Gasteiger partial charge < -0.3 is 16.4 Å². The van der Waals surface area contributed by atoms with E-state index in [1.165, 1.54) is 0 Å². The molecule has 0 aromatic rings. The minimum atomic E-state index is 0. The minimum absolute atomic E-state index is 0. The second-order valence-corrected chi connectivity index (χ2v) is 0. The zero-order chi connectivity index (χ0) is 0. The van der Waals surface area contributed by atoms with Gasteiger partial charge in [0.25, 0.3) is 0 Å². The van der Waals surface area contributed by atoms with Gasteiger partial charge >= 0.3 is 68.3 Å². The Balaban J connectivity index is 0. The van der Waals surface area contributed by atoms with Crippen LogP contribution in [0.25, 0.3) is 0 Å². The molecule has 0 unspecified atom stereocenters. The van der Waals surface area contributed by atoms with Crippen LogP contribution >= 0.6 is 0 Å². The standard InChI is InChI=1S/2Al.2Co.3O/q2*+3;2*+2;3*-2. The monoisotopic (exact) mass is 220 g/mol. The summed E-state index contributed by atoms with van der Waals surface area (Å²) < 4.78 is 0. The molecular formula is Al2Co2O3+4. The van der Waals surface area contributed by atoms with Gasteiger partial charge in [-0.2, -0.15) is 0 Å². The van der Waals surface area contributed by atoms with Gasteiger partial charge in [0.05, 0.1) is 0 Å². The summed E-state index contributed by atoms with van der Waals surface area (Å²) in [4.78, 5) is 0. The Bertz CT molecular complexity index is 10.9.